The zero-order valence-corrected chi connectivity index (χ0v) is 10.7. The highest BCUT2D eigenvalue weighted by atomic mass is 35.5. The van der Waals surface area contributed by atoms with Crippen LogP contribution in [0.25, 0.3) is 0 Å². The van der Waals surface area contributed by atoms with E-state index in [2.05, 4.69) is 5.32 Å². The number of methoxy groups -OCH3 is 1. The maximum atomic E-state index is 13.8. The van der Waals surface area contributed by atoms with Crippen LogP contribution in [-0.2, 0) is 6.42 Å². The van der Waals surface area contributed by atoms with Gasteiger partial charge in [0.15, 0.2) is 0 Å². The van der Waals surface area contributed by atoms with Crippen molar-refractivity contribution in [3.05, 3.63) is 28.5 Å². The van der Waals surface area contributed by atoms with E-state index in [9.17, 15) is 4.39 Å². The Morgan fingerprint density at radius 2 is 2.35 bits per heavy atom. The number of hydrogen-bond donors (Lipinski definition) is 1. The Balaban J connectivity index is 2.12. The van der Waals surface area contributed by atoms with E-state index in [0.717, 1.165) is 32.4 Å². The van der Waals surface area contributed by atoms with Gasteiger partial charge >= 0.3 is 0 Å². The molecule has 2 nitrogen and oxygen atoms in total. The van der Waals surface area contributed by atoms with Gasteiger partial charge in [-0.3, -0.25) is 0 Å². The number of nitrogens with one attached hydrogen (secondary N) is 1. The minimum Gasteiger partial charge on any atom is -0.495 e. The Bertz CT molecular complexity index is 391. The normalized spacial score (nSPS) is 20.3. The monoisotopic (exact) mass is 257 g/mol. The Hall–Kier alpha value is -0.800. The summed E-state index contributed by atoms with van der Waals surface area (Å²) in [4.78, 5) is 0. The summed E-state index contributed by atoms with van der Waals surface area (Å²) in [5, 5.41) is 3.81. The van der Waals surface area contributed by atoms with Crippen LogP contribution in [0.15, 0.2) is 12.1 Å². The molecule has 0 aromatic heterocycles. The van der Waals surface area contributed by atoms with E-state index in [-0.39, 0.29) is 5.82 Å². The van der Waals surface area contributed by atoms with Crippen LogP contribution in [-0.4, -0.2) is 20.2 Å². The van der Waals surface area contributed by atoms with Gasteiger partial charge in [-0.15, -0.1) is 0 Å². The molecule has 94 valence electrons. The summed E-state index contributed by atoms with van der Waals surface area (Å²) < 4.78 is 18.8. The minimum absolute atomic E-state index is 0.225. The Kier molecular flexibility index (Phi) is 4.24. The molecule has 0 radical (unpaired) electrons. The van der Waals surface area contributed by atoms with Crippen LogP contribution in [0.5, 0.6) is 5.75 Å². The first kappa shape index (κ1) is 12.7. The molecular weight excluding hydrogens is 241 g/mol. The fourth-order valence-corrected chi connectivity index (χ4v) is 2.56. The SMILES string of the molecule is COc1cc(F)c(CC2CCCNC2)cc1Cl. The molecule has 0 saturated carbocycles. The number of benzene rings is 1. The van der Waals surface area contributed by atoms with Gasteiger partial charge in [0.05, 0.1) is 12.1 Å². The zero-order chi connectivity index (χ0) is 12.3. The molecule has 0 aliphatic carbocycles. The van der Waals surface area contributed by atoms with E-state index >= 15 is 0 Å². The molecule has 1 N–H and O–H groups in total. The van der Waals surface area contributed by atoms with Crippen molar-refractivity contribution in [1.82, 2.24) is 5.32 Å². The van der Waals surface area contributed by atoms with Crippen molar-refractivity contribution < 1.29 is 9.13 Å². The predicted molar refractivity (Wildman–Crippen MR) is 67.3 cm³/mol. The van der Waals surface area contributed by atoms with Gasteiger partial charge in [-0.25, -0.2) is 4.39 Å². The average molecular weight is 258 g/mol. The molecule has 1 fully saturated rings. The van der Waals surface area contributed by atoms with Crippen molar-refractivity contribution in [2.45, 2.75) is 19.3 Å². The number of hydrogen-bond acceptors (Lipinski definition) is 2. The van der Waals surface area contributed by atoms with Crippen molar-refractivity contribution >= 4 is 11.6 Å². The summed E-state index contributed by atoms with van der Waals surface area (Å²) in [5.41, 5.74) is 0.685. The molecule has 17 heavy (non-hydrogen) atoms. The molecule has 1 heterocycles. The molecule has 1 aliphatic heterocycles. The van der Waals surface area contributed by atoms with Gasteiger partial charge in [-0.2, -0.15) is 0 Å². The highest BCUT2D eigenvalue weighted by Crippen LogP contribution is 2.29. The molecule has 0 spiro atoms. The van der Waals surface area contributed by atoms with Crippen LogP contribution in [0.4, 0.5) is 4.39 Å². The van der Waals surface area contributed by atoms with Gasteiger partial charge in [0.25, 0.3) is 0 Å². The van der Waals surface area contributed by atoms with E-state index in [0.29, 0.717) is 22.3 Å². The van der Waals surface area contributed by atoms with Crippen molar-refractivity contribution in [1.29, 1.82) is 0 Å². The van der Waals surface area contributed by atoms with Crippen LogP contribution in [0, 0.1) is 11.7 Å². The first-order valence-electron chi connectivity index (χ1n) is 5.93. The molecule has 1 aromatic rings. The Morgan fingerprint density at radius 1 is 1.53 bits per heavy atom. The van der Waals surface area contributed by atoms with E-state index in [4.69, 9.17) is 16.3 Å². The molecular formula is C13H17ClFNO. The van der Waals surface area contributed by atoms with Crippen LogP contribution in [0.1, 0.15) is 18.4 Å². The summed E-state index contributed by atoms with van der Waals surface area (Å²) in [6.45, 7) is 2.03. The minimum atomic E-state index is -0.225. The summed E-state index contributed by atoms with van der Waals surface area (Å²) in [6.07, 6.45) is 3.05. The highest BCUT2D eigenvalue weighted by molar-refractivity contribution is 6.32. The predicted octanol–water partition coefficient (Wildman–Crippen LogP) is 3.03. The summed E-state index contributed by atoms with van der Waals surface area (Å²) in [6, 6.07) is 3.05. The van der Waals surface area contributed by atoms with Crippen LogP contribution in [0.2, 0.25) is 5.02 Å². The lowest BCUT2D eigenvalue weighted by molar-refractivity contribution is 0.370. The van der Waals surface area contributed by atoms with Gasteiger partial charge in [0, 0.05) is 6.07 Å². The standard InChI is InChI=1S/C13H17ClFNO/c1-17-13-7-12(15)10(6-11(13)14)5-9-3-2-4-16-8-9/h6-7,9,16H,2-5,8H2,1H3. The highest BCUT2D eigenvalue weighted by Gasteiger charge is 2.17. The zero-order valence-electron chi connectivity index (χ0n) is 9.93. The van der Waals surface area contributed by atoms with Gasteiger partial charge in [0.1, 0.15) is 11.6 Å². The average Bonchev–Trinajstić information content (AvgIpc) is 2.34. The summed E-state index contributed by atoms with van der Waals surface area (Å²) >= 11 is 6.01. The molecule has 2 rings (SSSR count). The Labute approximate surface area is 106 Å². The fraction of sp³-hybridized carbons (Fsp3) is 0.538. The summed E-state index contributed by atoms with van der Waals surface area (Å²) in [5.74, 6) is 0.675. The second-order valence-corrected chi connectivity index (χ2v) is 4.90. The first-order valence-corrected chi connectivity index (χ1v) is 6.31. The summed E-state index contributed by atoms with van der Waals surface area (Å²) in [7, 11) is 1.49. The lowest BCUT2D eigenvalue weighted by Gasteiger charge is -2.23. The largest absolute Gasteiger partial charge is 0.495 e. The smallest absolute Gasteiger partial charge is 0.140 e. The number of rotatable bonds is 3. The number of piperidine rings is 1. The number of ether oxygens (including phenoxy) is 1. The van der Waals surface area contributed by atoms with Gasteiger partial charge in [-0.1, -0.05) is 11.6 Å². The van der Waals surface area contributed by atoms with Crippen LogP contribution >= 0.6 is 11.6 Å². The third-order valence-corrected chi connectivity index (χ3v) is 3.52. The van der Waals surface area contributed by atoms with Crippen molar-refractivity contribution in [2.75, 3.05) is 20.2 Å². The number of halogens is 2. The molecule has 1 saturated heterocycles. The second kappa shape index (κ2) is 5.69. The fourth-order valence-electron chi connectivity index (χ4n) is 2.29. The third-order valence-electron chi connectivity index (χ3n) is 3.23. The lowest BCUT2D eigenvalue weighted by atomic mass is 9.92. The molecule has 1 aliphatic rings. The van der Waals surface area contributed by atoms with Crippen molar-refractivity contribution in [3.8, 4) is 5.75 Å². The van der Waals surface area contributed by atoms with Crippen molar-refractivity contribution in [3.63, 3.8) is 0 Å². The van der Waals surface area contributed by atoms with E-state index in [1.54, 1.807) is 6.07 Å². The van der Waals surface area contributed by atoms with Crippen LogP contribution in [0.3, 0.4) is 0 Å². The van der Waals surface area contributed by atoms with Gasteiger partial charge in [-0.05, 0) is 49.9 Å². The molecule has 1 aromatic carbocycles. The molecule has 0 bridgehead atoms. The van der Waals surface area contributed by atoms with Gasteiger partial charge < -0.3 is 10.1 Å². The lowest BCUT2D eigenvalue weighted by Crippen LogP contribution is -2.31. The molecule has 4 heteroatoms. The van der Waals surface area contributed by atoms with Crippen molar-refractivity contribution in [2.24, 2.45) is 5.92 Å². The van der Waals surface area contributed by atoms with E-state index in [1.165, 1.54) is 13.2 Å². The first-order chi connectivity index (χ1) is 8.20. The molecule has 1 atom stereocenters. The molecule has 1 unspecified atom stereocenters. The van der Waals surface area contributed by atoms with E-state index in [1.807, 2.05) is 0 Å². The Morgan fingerprint density at radius 3 is 3.00 bits per heavy atom. The van der Waals surface area contributed by atoms with E-state index < -0.39 is 0 Å². The topological polar surface area (TPSA) is 21.3 Å². The molecule has 0 amide bonds. The third kappa shape index (κ3) is 3.11. The van der Waals surface area contributed by atoms with Gasteiger partial charge in [0.2, 0.25) is 0 Å². The quantitative estimate of drug-likeness (QED) is 0.899. The second-order valence-electron chi connectivity index (χ2n) is 4.49. The van der Waals surface area contributed by atoms with Crippen LogP contribution < -0.4 is 10.1 Å². The maximum absolute atomic E-state index is 13.8. The maximum Gasteiger partial charge on any atom is 0.140 e.